The number of aromatic nitrogens is 1. The highest BCUT2D eigenvalue weighted by Gasteiger charge is 2.37. The maximum absolute atomic E-state index is 14.4. The number of nitrogens with zero attached hydrogens (tertiary/aromatic N) is 2. The molecule has 0 saturated heterocycles. The smallest absolute Gasteiger partial charge is 0.273 e. The molecule has 1 saturated carbocycles. The van der Waals surface area contributed by atoms with Crippen molar-refractivity contribution in [2.24, 2.45) is 0 Å². The van der Waals surface area contributed by atoms with Crippen LogP contribution in [0.1, 0.15) is 52.5 Å². The Hall–Kier alpha value is -4.24. The lowest BCUT2D eigenvalue weighted by atomic mass is 10.0. The van der Waals surface area contributed by atoms with Crippen LogP contribution in [0, 0.1) is 12.7 Å². The van der Waals surface area contributed by atoms with Crippen LogP contribution in [0.3, 0.4) is 0 Å². The molecule has 3 N–H and O–H groups in total. The van der Waals surface area contributed by atoms with E-state index >= 15 is 0 Å². The molecule has 1 aliphatic carbocycles. The molecule has 7 nitrogen and oxygen atoms in total. The molecular formula is C31H31FN4O3S. The normalized spacial score (nSPS) is 14.1. The van der Waals surface area contributed by atoms with Crippen LogP contribution < -0.4 is 20.7 Å². The van der Waals surface area contributed by atoms with Gasteiger partial charge in [-0.3, -0.25) is 14.5 Å². The van der Waals surface area contributed by atoms with E-state index in [1.807, 2.05) is 31.2 Å². The molecule has 0 bridgehead atoms. The molecule has 2 amide bonds. The molecule has 1 heterocycles. The molecule has 1 aliphatic rings. The van der Waals surface area contributed by atoms with Gasteiger partial charge < -0.3 is 15.8 Å². The highest BCUT2D eigenvalue weighted by molar-refractivity contribution is 7.09. The Kier molecular flexibility index (Phi) is 8.11. The van der Waals surface area contributed by atoms with Gasteiger partial charge in [0.15, 0.2) is 0 Å². The standard InChI is InChI=1S/C31H31FN4O3S/c1-19-6-5-9-24(18-19)36(31(38)29-26(33)27(35-40-29)20-10-14-22(32)15-11-20)28(21-12-16-25(39-2)17-13-21)30(37)34-23-7-3-4-8-23/h5-6,9-18,23,28H,3-4,7-8,33H2,1-2H3,(H,34,37)/t28-/m0/s1. The molecule has 0 radical (unpaired) electrons. The van der Waals surface area contributed by atoms with E-state index in [9.17, 15) is 14.0 Å². The second-order valence-corrected chi connectivity index (χ2v) is 10.7. The van der Waals surface area contributed by atoms with E-state index in [4.69, 9.17) is 10.5 Å². The first kappa shape index (κ1) is 27.3. The Balaban J connectivity index is 1.61. The van der Waals surface area contributed by atoms with Gasteiger partial charge in [0.2, 0.25) is 5.91 Å². The van der Waals surface area contributed by atoms with Crippen LogP contribution in [-0.2, 0) is 4.79 Å². The summed E-state index contributed by atoms with van der Waals surface area (Å²) in [6.07, 6.45) is 3.93. The topological polar surface area (TPSA) is 97.5 Å². The Bertz CT molecular complexity index is 1500. The first-order chi connectivity index (χ1) is 19.4. The zero-order valence-corrected chi connectivity index (χ0v) is 23.2. The Labute approximate surface area is 236 Å². The SMILES string of the molecule is COc1ccc([C@@H](C(=O)NC2CCCC2)N(C(=O)c2snc(-c3ccc(F)cc3)c2N)c2cccc(C)c2)cc1. The fourth-order valence-electron chi connectivity index (χ4n) is 5.09. The van der Waals surface area contributed by atoms with E-state index in [1.165, 1.54) is 17.0 Å². The third-order valence-electron chi connectivity index (χ3n) is 7.18. The van der Waals surface area contributed by atoms with Gasteiger partial charge >= 0.3 is 0 Å². The minimum atomic E-state index is -0.975. The van der Waals surface area contributed by atoms with Crippen molar-refractivity contribution in [2.45, 2.75) is 44.7 Å². The van der Waals surface area contributed by atoms with Crippen molar-refractivity contribution in [3.63, 3.8) is 0 Å². The largest absolute Gasteiger partial charge is 0.497 e. The van der Waals surface area contributed by atoms with Crippen LogP contribution in [0.4, 0.5) is 15.8 Å². The van der Waals surface area contributed by atoms with Crippen LogP contribution in [-0.4, -0.2) is 29.3 Å². The second kappa shape index (κ2) is 11.9. The number of nitrogens with one attached hydrogen (secondary N) is 1. The predicted octanol–water partition coefficient (Wildman–Crippen LogP) is 6.30. The van der Waals surface area contributed by atoms with Crippen molar-refractivity contribution in [1.29, 1.82) is 0 Å². The van der Waals surface area contributed by atoms with Gasteiger partial charge in [0, 0.05) is 17.3 Å². The number of nitrogen functional groups attached to an aromatic ring is 1. The number of hydrogen-bond acceptors (Lipinski definition) is 6. The number of hydrogen-bond donors (Lipinski definition) is 2. The van der Waals surface area contributed by atoms with Crippen molar-refractivity contribution >= 4 is 34.7 Å². The summed E-state index contributed by atoms with van der Waals surface area (Å²) in [5, 5.41) is 3.19. The Morgan fingerprint density at radius 1 is 1.07 bits per heavy atom. The summed E-state index contributed by atoms with van der Waals surface area (Å²) in [6.45, 7) is 1.93. The summed E-state index contributed by atoms with van der Waals surface area (Å²) in [5.74, 6) is -0.456. The van der Waals surface area contributed by atoms with Crippen LogP contribution in [0.5, 0.6) is 5.75 Å². The lowest BCUT2D eigenvalue weighted by molar-refractivity contribution is -0.123. The molecular weight excluding hydrogens is 527 g/mol. The molecule has 40 heavy (non-hydrogen) atoms. The van der Waals surface area contributed by atoms with E-state index < -0.39 is 11.9 Å². The maximum atomic E-state index is 14.4. The summed E-state index contributed by atoms with van der Waals surface area (Å²) in [5.41, 5.74) is 9.80. The minimum Gasteiger partial charge on any atom is -0.497 e. The molecule has 1 aromatic heterocycles. The fraction of sp³-hybridized carbons (Fsp3) is 0.258. The average Bonchev–Trinajstić information content (AvgIpc) is 3.61. The van der Waals surface area contributed by atoms with Crippen molar-refractivity contribution in [3.8, 4) is 17.0 Å². The zero-order valence-electron chi connectivity index (χ0n) is 22.4. The third kappa shape index (κ3) is 5.70. The summed E-state index contributed by atoms with van der Waals surface area (Å²) in [7, 11) is 1.58. The predicted molar refractivity (Wildman–Crippen MR) is 156 cm³/mol. The number of rotatable bonds is 8. The quantitative estimate of drug-likeness (QED) is 0.265. The number of anilines is 2. The van der Waals surface area contributed by atoms with E-state index in [2.05, 4.69) is 9.69 Å². The molecule has 0 spiro atoms. The van der Waals surface area contributed by atoms with Crippen molar-refractivity contribution < 1.29 is 18.7 Å². The van der Waals surface area contributed by atoms with Crippen molar-refractivity contribution in [2.75, 3.05) is 17.7 Å². The highest BCUT2D eigenvalue weighted by Crippen LogP contribution is 2.37. The molecule has 9 heteroatoms. The number of amides is 2. The van der Waals surface area contributed by atoms with Gasteiger partial charge in [0.25, 0.3) is 5.91 Å². The van der Waals surface area contributed by atoms with Crippen LogP contribution in [0.2, 0.25) is 0 Å². The van der Waals surface area contributed by atoms with Crippen LogP contribution in [0.25, 0.3) is 11.3 Å². The monoisotopic (exact) mass is 558 g/mol. The number of benzene rings is 3. The van der Waals surface area contributed by atoms with Gasteiger partial charge in [-0.15, -0.1) is 0 Å². The molecule has 1 atom stereocenters. The molecule has 206 valence electrons. The molecule has 0 aliphatic heterocycles. The van der Waals surface area contributed by atoms with E-state index in [-0.39, 0.29) is 28.3 Å². The molecule has 5 rings (SSSR count). The van der Waals surface area contributed by atoms with E-state index in [0.29, 0.717) is 28.3 Å². The summed E-state index contributed by atoms with van der Waals surface area (Å²) >= 11 is 0.962. The Morgan fingerprint density at radius 3 is 2.42 bits per heavy atom. The Morgan fingerprint density at radius 2 is 1.77 bits per heavy atom. The van der Waals surface area contributed by atoms with Crippen molar-refractivity contribution in [3.05, 3.63) is 94.6 Å². The van der Waals surface area contributed by atoms with Crippen molar-refractivity contribution in [1.82, 2.24) is 9.69 Å². The van der Waals surface area contributed by atoms with Gasteiger partial charge in [-0.25, -0.2) is 4.39 Å². The number of methoxy groups -OCH3 is 1. The molecule has 3 aromatic carbocycles. The van der Waals surface area contributed by atoms with Crippen LogP contribution >= 0.6 is 11.5 Å². The lowest BCUT2D eigenvalue weighted by Gasteiger charge is -2.32. The average molecular weight is 559 g/mol. The van der Waals surface area contributed by atoms with Gasteiger partial charge in [-0.1, -0.05) is 37.1 Å². The highest BCUT2D eigenvalue weighted by atomic mass is 32.1. The van der Waals surface area contributed by atoms with Gasteiger partial charge in [-0.05, 0) is 91.0 Å². The first-order valence-corrected chi connectivity index (χ1v) is 14.0. The van der Waals surface area contributed by atoms with Gasteiger partial charge in [0.1, 0.15) is 28.2 Å². The van der Waals surface area contributed by atoms with Gasteiger partial charge in [-0.2, -0.15) is 4.37 Å². The van der Waals surface area contributed by atoms with E-state index in [0.717, 1.165) is 42.8 Å². The zero-order chi connectivity index (χ0) is 28.2. The maximum Gasteiger partial charge on any atom is 0.273 e. The van der Waals surface area contributed by atoms with Crippen LogP contribution in [0.15, 0.2) is 72.8 Å². The number of aryl methyl sites for hydroxylation is 1. The van der Waals surface area contributed by atoms with Gasteiger partial charge in [0.05, 0.1) is 12.8 Å². The minimum absolute atomic E-state index is 0.0567. The number of ether oxygens (including phenoxy) is 1. The summed E-state index contributed by atoms with van der Waals surface area (Å²) in [6, 6.07) is 19.5. The first-order valence-electron chi connectivity index (χ1n) is 13.2. The lowest BCUT2D eigenvalue weighted by Crippen LogP contribution is -2.46. The molecule has 4 aromatic rings. The number of carbonyl (C=O) groups is 2. The fourth-order valence-corrected chi connectivity index (χ4v) is 5.85. The number of carbonyl (C=O) groups excluding carboxylic acids is 2. The number of nitrogens with two attached hydrogens (primary N) is 1. The second-order valence-electron chi connectivity index (χ2n) is 9.96. The third-order valence-corrected chi connectivity index (χ3v) is 8.03. The molecule has 1 fully saturated rings. The number of halogens is 1. The molecule has 0 unspecified atom stereocenters. The summed E-state index contributed by atoms with van der Waals surface area (Å²) < 4.78 is 23.3. The van der Waals surface area contributed by atoms with E-state index in [1.54, 1.807) is 43.5 Å². The summed E-state index contributed by atoms with van der Waals surface area (Å²) in [4.78, 5) is 30.1.